The molecular formula is C15H15BClNO. The largest absolute Gasteiger partial charge is 0.295 e. The molecule has 0 saturated heterocycles. The van der Waals surface area contributed by atoms with E-state index in [4.69, 9.17) is 19.4 Å². The molecule has 0 aliphatic carbocycles. The van der Waals surface area contributed by atoms with E-state index >= 15 is 0 Å². The number of Topliss-reactive ketones (excluding diaryl/α,β-unsaturated/α-hetero) is 1. The maximum atomic E-state index is 11.7. The first-order chi connectivity index (χ1) is 9.10. The van der Waals surface area contributed by atoms with Crippen LogP contribution in [0.5, 0.6) is 0 Å². The Morgan fingerprint density at radius 3 is 2.79 bits per heavy atom. The van der Waals surface area contributed by atoms with Crippen LogP contribution in [0.2, 0.25) is 6.32 Å². The number of allylic oxidation sites excluding steroid dienone is 6. The van der Waals surface area contributed by atoms with E-state index in [0.29, 0.717) is 10.6 Å². The second-order valence-corrected chi connectivity index (χ2v) is 4.35. The lowest BCUT2D eigenvalue weighted by molar-refractivity contribution is -0.113. The van der Waals surface area contributed by atoms with Crippen LogP contribution < -0.4 is 0 Å². The van der Waals surface area contributed by atoms with Crippen LogP contribution in [-0.4, -0.2) is 18.6 Å². The predicted molar refractivity (Wildman–Crippen MR) is 81.1 cm³/mol. The highest BCUT2D eigenvalue weighted by Gasteiger charge is 2.06. The molecule has 1 aromatic rings. The van der Waals surface area contributed by atoms with Crippen molar-refractivity contribution < 1.29 is 4.79 Å². The van der Waals surface area contributed by atoms with Crippen molar-refractivity contribution in [3.05, 3.63) is 58.9 Å². The van der Waals surface area contributed by atoms with Crippen molar-refractivity contribution in [2.45, 2.75) is 20.2 Å². The van der Waals surface area contributed by atoms with Gasteiger partial charge in [-0.25, -0.2) is 0 Å². The van der Waals surface area contributed by atoms with Crippen molar-refractivity contribution in [3.8, 4) is 0 Å². The molecule has 2 radical (unpaired) electrons. The molecule has 1 heterocycles. The molecule has 4 heteroatoms. The number of rotatable bonds is 5. The van der Waals surface area contributed by atoms with E-state index in [1.807, 2.05) is 26.0 Å². The van der Waals surface area contributed by atoms with Crippen LogP contribution in [0.3, 0.4) is 0 Å². The fraction of sp³-hybridized carbons (Fsp3) is 0.200. The number of carbonyl (C=O) groups is 1. The Hall–Kier alpha value is -1.61. The molecule has 2 nitrogen and oxygen atoms in total. The topological polar surface area (TPSA) is 30.0 Å². The standard InChI is InChI=1S/C15H15BClNO/c1-3-5-12(15(19)9-16)8-14(17)11(2)13-6-4-7-18-10-13/h3-8,10H,9H2,1-2H3/b5-3+,12-8+,14-11-. The molecular weight excluding hydrogens is 256 g/mol. The highest BCUT2D eigenvalue weighted by atomic mass is 35.5. The molecule has 0 aliphatic rings. The summed E-state index contributed by atoms with van der Waals surface area (Å²) in [6, 6.07) is 3.75. The first-order valence-corrected chi connectivity index (χ1v) is 6.32. The van der Waals surface area contributed by atoms with Gasteiger partial charge in [-0.05, 0) is 43.4 Å². The summed E-state index contributed by atoms with van der Waals surface area (Å²) in [4.78, 5) is 15.7. The van der Waals surface area contributed by atoms with Crippen molar-refractivity contribution in [2.24, 2.45) is 0 Å². The monoisotopic (exact) mass is 271 g/mol. The highest BCUT2D eigenvalue weighted by molar-refractivity contribution is 6.35. The Morgan fingerprint density at radius 2 is 2.26 bits per heavy atom. The lowest BCUT2D eigenvalue weighted by atomic mass is 9.95. The van der Waals surface area contributed by atoms with Gasteiger partial charge in [0.25, 0.3) is 0 Å². The van der Waals surface area contributed by atoms with Gasteiger partial charge in [-0.15, -0.1) is 0 Å². The number of hydrogen-bond donors (Lipinski definition) is 0. The minimum absolute atomic E-state index is 0.0354. The van der Waals surface area contributed by atoms with E-state index in [1.165, 1.54) is 0 Å². The third-order valence-corrected chi connectivity index (χ3v) is 2.98. The summed E-state index contributed by atoms with van der Waals surface area (Å²) < 4.78 is 0. The number of pyridine rings is 1. The summed E-state index contributed by atoms with van der Waals surface area (Å²) in [5.74, 6) is -0.143. The molecule has 1 aromatic heterocycles. The van der Waals surface area contributed by atoms with Gasteiger partial charge < -0.3 is 0 Å². The fourth-order valence-electron chi connectivity index (χ4n) is 1.49. The first kappa shape index (κ1) is 15.5. The van der Waals surface area contributed by atoms with Crippen LogP contribution >= 0.6 is 11.6 Å². The lowest BCUT2D eigenvalue weighted by Gasteiger charge is -2.04. The Labute approximate surface area is 120 Å². The fourth-order valence-corrected chi connectivity index (χ4v) is 1.71. The number of nitrogens with zero attached hydrogens (tertiary/aromatic N) is 1. The zero-order chi connectivity index (χ0) is 14.3. The maximum absolute atomic E-state index is 11.7. The van der Waals surface area contributed by atoms with Crippen LogP contribution in [-0.2, 0) is 4.79 Å². The summed E-state index contributed by atoms with van der Waals surface area (Å²) >= 11 is 6.25. The highest BCUT2D eigenvalue weighted by Crippen LogP contribution is 2.22. The summed E-state index contributed by atoms with van der Waals surface area (Å²) in [5.41, 5.74) is 2.28. The van der Waals surface area contributed by atoms with E-state index in [0.717, 1.165) is 11.1 Å². The molecule has 0 aliphatic heterocycles. The van der Waals surface area contributed by atoms with Crippen molar-refractivity contribution in [1.82, 2.24) is 4.98 Å². The number of aromatic nitrogens is 1. The molecule has 96 valence electrons. The summed E-state index contributed by atoms with van der Waals surface area (Å²) in [5, 5.41) is 0.503. The molecule has 1 rings (SSSR count). The third-order valence-electron chi connectivity index (χ3n) is 2.59. The molecule has 0 spiro atoms. The Bertz CT molecular complexity index is 532. The first-order valence-electron chi connectivity index (χ1n) is 5.94. The molecule has 19 heavy (non-hydrogen) atoms. The number of ketones is 1. The van der Waals surface area contributed by atoms with Crippen molar-refractivity contribution >= 4 is 30.8 Å². The van der Waals surface area contributed by atoms with Crippen molar-refractivity contribution in [2.75, 3.05) is 0 Å². The molecule has 0 amide bonds. The van der Waals surface area contributed by atoms with E-state index in [1.54, 1.807) is 30.6 Å². The molecule has 0 N–H and O–H groups in total. The quantitative estimate of drug-likeness (QED) is 0.464. The molecule has 0 bridgehead atoms. The average molecular weight is 272 g/mol. The number of carbonyl (C=O) groups excluding carboxylic acids is 1. The zero-order valence-corrected chi connectivity index (χ0v) is 11.8. The van der Waals surface area contributed by atoms with Crippen LogP contribution in [0.4, 0.5) is 0 Å². The SMILES string of the molecule is [B]CC(=O)C(/C=C/C)=C/C(Cl)=C(\C)c1cccnc1. The second-order valence-electron chi connectivity index (χ2n) is 3.94. The summed E-state index contributed by atoms with van der Waals surface area (Å²) in [7, 11) is 5.37. The average Bonchev–Trinajstić information content (AvgIpc) is 2.46. The number of hydrogen-bond acceptors (Lipinski definition) is 2. The van der Waals surface area contributed by atoms with Crippen LogP contribution in [0.25, 0.3) is 5.57 Å². The normalized spacial score (nSPS) is 13.5. The van der Waals surface area contributed by atoms with Gasteiger partial charge in [0, 0.05) is 23.0 Å². The van der Waals surface area contributed by atoms with Gasteiger partial charge >= 0.3 is 0 Å². The molecule has 0 unspecified atom stereocenters. The van der Waals surface area contributed by atoms with Gasteiger partial charge in [-0.1, -0.05) is 29.8 Å². The van der Waals surface area contributed by atoms with Crippen LogP contribution in [0.1, 0.15) is 19.4 Å². The lowest BCUT2D eigenvalue weighted by Crippen LogP contribution is -1.99. The Kier molecular flexibility index (Phi) is 6.30. The second kappa shape index (κ2) is 7.75. The molecule has 0 atom stereocenters. The van der Waals surface area contributed by atoms with Crippen LogP contribution in [0, 0.1) is 0 Å². The maximum Gasteiger partial charge on any atom is 0.154 e. The van der Waals surface area contributed by atoms with Gasteiger partial charge in [0.2, 0.25) is 0 Å². The molecule has 0 saturated carbocycles. The minimum atomic E-state index is -0.143. The zero-order valence-electron chi connectivity index (χ0n) is 11.1. The van der Waals surface area contributed by atoms with Gasteiger partial charge in [0.1, 0.15) is 0 Å². The van der Waals surface area contributed by atoms with Gasteiger partial charge in [-0.3, -0.25) is 9.78 Å². The van der Waals surface area contributed by atoms with Crippen molar-refractivity contribution in [3.63, 3.8) is 0 Å². The van der Waals surface area contributed by atoms with Gasteiger partial charge in [-0.2, -0.15) is 0 Å². The minimum Gasteiger partial charge on any atom is -0.295 e. The smallest absolute Gasteiger partial charge is 0.154 e. The Morgan fingerprint density at radius 1 is 1.53 bits per heavy atom. The molecule has 0 fully saturated rings. The van der Waals surface area contributed by atoms with E-state index < -0.39 is 0 Å². The Balaban J connectivity index is 3.16. The summed E-state index contributed by atoms with van der Waals surface area (Å²) in [6.45, 7) is 3.72. The third kappa shape index (κ3) is 4.53. The van der Waals surface area contributed by atoms with Crippen LogP contribution in [0.15, 0.2) is 53.4 Å². The molecule has 0 aromatic carbocycles. The van der Waals surface area contributed by atoms with E-state index in [2.05, 4.69) is 4.98 Å². The van der Waals surface area contributed by atoms with Gasteiger partial charge in [0.15, 0.2) is 5.78 Å². The van der Waals surface area contributed by atoms with E-state index in [-0.39, 0.29) is 12.1 Å². The summed E-state index contributed by atoms with van der Waals surface area (Å²) in [6.07, 6.45) is 8.51. The van der Waals surface area contributed by atoms with E-state index in [9.17, 15) is 4.79 Å². The number of halogens is 1. The van der Waals surface area contributed by atoms with Crippen molar-refractivity contribution in [1.29, 1.82) is 0 Å². The predicted octanol–water partition coefficient (Wildman–Crippen LogP) is 3.71. The van der Waals surface area contributed by atoms with Gasteiger partial charge in [0.05, 0.1) is 7.85 Å².